The largest absolute Gasteiger partial charge is 0.396 e. The summed E-state index contributed by atoms with van der Waals surface area (Å²) in [6.07, 6.45) is 16.8. The van der Waals surface area contributed by atoms with Crippen LogP contribution in [0.5, 0.6) is 0 Å². The smallest absolute Gasteiger partial charge is 0.114 e. The van der Waals surface area contributed by atoms with Gasteiger partial charge in [-0.15, -0.1) is 0 Å². The summed E-state index contributed by atoms with van der Waals surface area (Å²) < 4.78 is 0. The first kappa shape index (κ1) is 27.7. The van der Waals surface area contributed by atoms with Crippen molar-refractivity contribution < 1.29 is 15.1 Å². The number of fused-ring (bicyclic) bond motifs is 1. The lowest BCUT2D eigenvalue weighted by molar-refractivity contribution is 0.0862. The molecule has 3 rings (SSSR count). The van der Waals surface area contributed by atoms with Crippen molar-refractivity contribution in [1.29, 1.82) is 0 Å². The van der Waals surface area contributed by atoms with Crippen molar-refractivity contribution in [3.8, 4) is 0 Å². The summed E-state index contributed by atoms with van der Waals surface area (Å²) >= 11 is 0. The van der Waals surface area contributed by atoms with Gasteiger partial charge in [-0.05, 0) is 79.9 Å². The van der Waals surface area contributed by atoms with E-state index in [9.17, 15) is 10.2 Å². The van der Waals surface area contributed by atoms with Gasteiger partial charge >= 0.3 is 0 Å². The molecule has 5 atom stereocenters. The van der Waals surface area contributed by atoms with E-state index >= 15 is 0 Å². The van der Waals surface area contributed by atoms with Crippen LogP contribution < -0.4 is 0 Å². The van der Waals surface area contributed by atoms with Crippen molar-refractivity contribution >= 4 is 5.71 Å². The SMILES string of the molecule is C=C1C(=CC=C2CCC[C@]3(C)C([C@@H](C)CC=CC(=NOCC)C(C)(C)C)=CC[C@@H]23)C[C@@H](O)C[C@@H]1O. The molecule has 0 aromatic rings. The third kappa shape index (κ3) is 6.46. The Hall–Kier alpha value is -1.91. The molecule has 0 unspecified atom stereocenters. The molecule has 0 spiro atoms. The molecule has 0 saturated heterocycles. The first-order valence-corrected chi connectivity index (χ1v) is 13.5. The monoisotopic (exact) mass is 481 g/mol. The third-order valence-corrected chi connectivity index (χ3v) is 8.23. The molecule has 3 aliphatic carbocycles. The summed E-state index contributed by atoms with van der Waals surface area (Å²) in [5.41, 5.74) is 5.98. The Kier molecular flexibility index (Phi) is 9.04. The Labute approximate surface area is 213 Å². The predicted octanol–water partition coefficient (Wildman–Crippen LogP) is 7.07. The minimum absolute atomic E-state index is 0.0497. The lowest BCUT2D eigenvalue weighted by Crippen LogP contribution is -2.32. The van der Waals surface area contributed by atoms with Crippen molar-refractivity contribution in [2.75, 3.05) is 6.61 Å². The van der Waals surface area contributed by atoms with Crippen LogP contribution in [0.1, 0.15) is 86.5 Å². The van der Waals surface area contributed by atoms with Crippen molar-refractivity contribution in [3.05, 3.63) is 59.3 Å². The third-order valence-electron chi connectivity index (χ3n) is 8.23. The van der Waals surface area contributed by atoms with Crippen LogP contribution in [0.15, 0.2) is 64.4 Å². The molecule has 2 N–H and O–H groups in total. The Bertz CT molecular complexity index is 929. The molecule has 194 valence electrons. The maximum absolute atomic E-state index is 10.2. The lowest BCUT2D eigenvalue weighted by Gasteiger charge is -2.42. The van der Waals surface area contributed by atoms with Gasteiger partial charge < -0.3 is 15.1 Å². The summed E-state index contributed by atoms with van der Waals surface area (Å²) in [4.78, 5) is 5.34. The van der Waals surface area contributed by atoms with E-state index in [0.29, 0.717) is 31.3 Å². The fourth-order valence-corrected chi connectivity index (χ4v) is 6.14. The minimum Gasteiger partial charge on any atom is -0.396 e. The van der Waals surface area contributed by atoms with E-state index in [4.69, 9.17) is 4.84 Å². The second-order valence-electron chi connectivity index (χ2n) is 12.0. The van der Waals surface area contributed by atoms with E-state index < -0.39 is 12.2 Å². The lowest BCUT2D eigenvalue weighted by atomic mass is 9.62. The van der Waals surface area contributed by atoms with Gasteiger partial charge in [0.25, 0.3) is 0 Å². The molecular weight excluding hydrogens is 434 g/mol. The summed E-state index contributed by atoms with van der Waals surface area (Å²) in [7, 11) is 0. The molecule has 0 aromatic carbocycles. The molecule has 0 aromatic heterocycles. The molecule has 2 saturated carbocycles. The van der Waals surface area contributed by atoms with Crippen LogP contribution in [0, 0.1) is 22.7 Å². The van der Waals surface area contributed by atoms with E-state index in [2.05, 4.69) is 76.7 Å². The van der Waals surface area contributed by atoms with Crippen LogP contribution in [-0.4, -0.2) is 34.7 Å². The van der Waals surface area contributed by atoms with Crippen LogP contribution in [0.2, 0.25) is 0 Å². The van der Waals surface area contributed by atoms with Gasteiger partial charge in [-0.25, -0.2) is 0 Å². The first-order valence-electron chi connectivity index (χ1n) is 13.5. The van der Waals surface area contributed by atoms with Crippen LogP contribution in [0.3, 0.4) is 0 Å². The number of nitrogens with zero attached hydrogens (tertiary/aromatic N) is 1. The van der Waals surface area contributed by atoms with Crippen LogP contribution in [0.25, 0.3) is 0 Å². The molecule has 4 heteroatoms. The first-order chi connectivity index (χ1) is 16.5. The van der Waals surface area contributed by atoms with Gasteiger partial charge in [0.1, 0.15) is 6.61 Å². The number of hydrogen-bond donors (Lipinski definition) is 2. The maximum Gasteiger partial charge on any atom is 0.114 e. The van der Waals surface area contributed by atoms with Crippen LogP contribution >= 0.6 is 0 Å². The Morgan fingerprint density at radius 3 is 2.74 bits per heavy atom. The fourth-order valence-electron chi connectivity index (χ4n) is 6.14. The zero-order valence-corrected chi connectivity index (χ0v) is 22.8. The zero-order valence-electron chi connectivity index (χ0n) is 22.8. The number of hydrogen-bond acceptors (Lipinski definition) is 4. The Balaban J connectivity index is 1.72. The minimum atomic E-state index is -0.633. The highest BCUT2D eigenvalue weighted by Gasteiger charge is 2.45. The molecule has 4 nitrogen and oxygen atoms in total. The molecule has 35 heavy (non-hydrogen) atoms. The van der Waals surface area contributed by atoms with E-state index in [1.807, 2.05) is 6.92 Å². The van der Waals surface area contributed by atoms with E-state index in [1.54, 1.807) is 5.57 Å². The van der Waals surface area contributed by atoms with Gasteiger partial charge in [0.2, 0.25) is 0 Å². The molecule has 0 aliphatic heterocycles. The van der Waals surface area contributed by atoms with Crippen LogP contribution in [-0.2, 0) is 4.84 Å². The topological polar surface area (TPSA) is 62.0 Å². The van der Waals surface area contributed by atoms with Gasteiger partial charge in [-0.3, -0.25) is 0 Å². The average molecular weight is 482 g/mol. The van der Waals surface area contributed by atoms with E-state index in [0.717, 1.165) is 36.1 Å². The summed E-state index contributed by atoms with van der Waals surface area (Å²) in [6.45, 7) is 17.9. The summed E-state index contributed by atoms with van der Waals surface area (Å²) in [5.74, 6) is 1.02. The molecule has 2 fully saturated rings. The predicted molar refractivity (Wildman–Crippen MR) is 146 cm³/mol. The highest BCUT2D eigenvalue weighted by atomic mass is 16.6. The second-order valence-corrected chi connectivity index (χ2v) is 12.0. The van der Waals surface area contributed by atoms with Crippen molar-refractivity contribution in [1.82, 2.24) is 0 Å². The van der Waals surface area contributed by atoms with Crippen LogP contribution in [0.4, 0.5) is 0 Å². The van der Waals surface area contributed by atoms with Gasteiger partial charge in [-0.1, -0.05) is 81.8 Å². The molecule has 0 radical (unpaired) electrons. The van der Waals surface area contributed by atoms with Crippen molar-refractivity contribution in [2.45, 2.75) is 98.7 Å². The van der Waals surface area contributed by atoms with Crippen molar-refractivity contribution in [3.63, 3.8) is 0 Å². The van der Waals surface area contributed by atoms with Crippen molar-refractivity contribution in [2.24, 2.45) is 27.8 Å². The Morgan fingerprint density at radius 1 is 1.31 bits per heavy atom. The number of aliphatic hydroxyl groups excluding tert-OH is 2. The quantitative estimate of drug-likeness (QED) is 0.232. The number of allylic oxidation sites excluding steroid dienone is 7. The molecule has 3 aliphatic rings. The molecular formula is C31H47NO3. The van der Waals surface area contributed by atoms with Gasteiger partial charge in [0, 0.05) is 11.8 Å². The molecule has 0 heterocycles. The standard InChI is InChI=1S/C31H47NO3/c1-8-35-32-29(30(4,5)6)13-9-11-21(2)26-16-17-27-23(12-10-18-31(26,27)7)14-15-24-19-25(33)20-28(34)22(24)3/h9,13-16,21,25,27-28,33-34H,3,8,10-12,17-20H2,1-2,4-7H3/t21-,25+,27-,28-,31+/m0/s1. The second kappa shape index (κ2) is 11.4. The normalized spacial score (nSPS) is 33.4. The number of aliphatic hydroxyl groups is 2. The van der Waals surface area contributed by atoms with E-state index in [1.165, 1.54) is 18.4 Å². The highest BCUT2D eigenvalue weighted by Crippen LogP contribution is 2.57. The van der Waals surface area contributed by atoms with Gasteiger partial charge in [0.15, 0.2) is 0 Å². The fraction of sp³-hybridized carbons (Fsp3) is 0.645. The molecule has 0 bridgehead atoms. The Morgan fingerprint density at radius 2 is 2.06 bits per heavy atom. The summed E-state index contributed by atoms with van der Waals surface area (Å²) in [5, 5.41) is 24.6. The maximum atomic E-state index is 10.2. The van der Waals surface area contributed by atoms with Gasteiger partial charge in [0.05, 0.1) is 17.9 Å². The van der Waals surface area contributed by atoms with Gasteiger partial charge in [-0.2, -0.15) is 0 Å². The highest BCUT2D eigenvalue weighted by molar-refractivity contribution is 5.98. The summed E-state index contributed by atoms with van der Waals surface area (Å²) in [6, 6.07) is 0. The number of oxime groups is 1. The van der Waals surface area contributed by atoms with E-state index in [-0.39, 0.29) is 10.8 Å². The number of rotatable bonds is 7. The zero-order chi connectivity index (χ0) is 25.8. The average Bonchev–Trinajstić information content (AvgIpc) is 3.14. The molecule has 0 amide bonds.